The predicted molar refractivity (Wildman–Crippen MR) is 81.6 cm³/mol. The molecule has 2 aliphatic rings. The fraction of sp³-hybridized carbons (Fsp3) is 0.647. The maximum atomic E-state index is 5.17. The number of benzene rings is 1. The molecule has 110 valence electrons. The molecule has 0 spiro atoms. The van der Waals surface area contributed by atoms with E-state index in [1.165, 1.54) is 49.9 Å². The predicted octanol–water partition coefficient (Wildman–Crippen LogP) is 2.55. The Hall–Kier alpha value is -0.900. The number of likely N-dealkylation sites (tertiary alicyclic amines) is 1. The first kappa shape index (κ1) is 14.1. The summed E-state index contributed by atoms with van der Waals surface area (Å²) in [5.74, 6) is 0. The van der Waals surface area contributed by atoms with E-state index in [1.54, 1.807) is 7.11 Å². The number of ether oxygens (including phenoxy) is 1. The highest BCUT2D eigenvalue weighted by atomic mass is 16.5. The normalized spacial score (nSPS) is 27.2. The zero-order valence-electron chi connectivity index (χ0n) is 12.5. The van der Waals surface area contributed by atoms with Crippen LogP contribution in [0.25, 0.3) is 0 Å². The molecule has 3 nitrogen and oxygen atoms in total. The van der Waals surface area contributed by atoms with Gasteiger partial charge in [-0.1, -0.05) is 24.3 Å². The van der Waals surface area contributed by atoms with E-state index < -0.39 is 0 Å². The molecule has 2 atom stereocenters. The fourth-order valence-corrected chi connectivity index (χ4v) is 3.69. The molecule has 3 heteroatoms. The molecule has 20 heavy (non-hydrogen) atoms. The molecule has 0 aromatic heterocycles. The maximum absolute atomic E-state index is 5.17. The molecule has 1 N–H and O–H groups in total. The van der Waals surface area contributed by atoms with Crippen LogP contribution in [0.3, 0.4) is 0 Å². The first-order valence-corrected chi connectivity index (χ1v) is 7.91. The van der Waals surface area contributed by atoms with E-state index in [0.29, 0.717) is 6.61 Å². The van der Waals surface area contributed by atoms with Crippen LogP contribution in [0.1, 0.15) is 36.8 Å². The summed E-state index contributed by atoms with van der Waals surface area (Å²) in [4.78, 5) is 2.67. The van der Waals surface area contributed by atoms with Crippen LogP contribution < -0.4 is 5.32 Å². The minimum Gasteiger partial charge on any atom is -0.380 e. The molecular formula is C17H26N2O. The number of hydrogen-bond donors (Lipinski definition) is 1. The van der Waals surface area contributed by atoms with E-state index in [2.05, 4.69) is 34.5 Å². The number of nitrogens with zero attached hydrogens (tertiary/aromatic N) is 1. The van der Waals surface area contributed by atoms with E-state index in [1.807, 2.05) is 0 Å². The Balaban J connectivity index is 1.60. The molecule has 2 unspecified atom stereocenters. The summed E-state index contributed by atoms with van der Waals surface area (Å²) in [5, 5.41) is 3.68. The van der Waals surface area contributed by atoms with Crippen molar-refractivity contribution in [2.45, 2.75) is 50.9 Å². The van der Waals surface area contributed by atoms with Crippen LogP contribution in [0.4, 0.5) is 0 Å². The zero-order chi connectivity index (χ0) is 13.8. The summed E-state index contributed by atoms with van der Waals surface area (Å²) in [6, 6.07) is 10.4. The van der Waals surface area contributed by atoms with E-state index >= 15 is 0 Å². The summed E-state index contributed by atoms with van der Waals surface area (Å²) in [6.45, 7) is 4.26. The van der Waals surface area contributed by atoms with Crippen LogP contribution in [0, 0.1) is 0 Å². The van der Waals surface area contributed by atoms with Gasteiger partial charge >= 0.3 is 0 Å². The molecule has 0 bridgehead atoms. The lowest BCUT2D eigenvalue weighted by Crippen LogP contribution is -2.43. The monoisotopic (exact) mass is 274 g/mol. The lowest BCUT2D eigenvalue weighted by Gasteiger charge is -2.29. The van der Waals surface area contributed by atoms with Crippen LogP contribution in [-0.2, 0) is 17.9 Å². The third kappa shape index (κ3) is 3.22. The molecular weight excluding hydrogens is 248 g/mol. The highest BCUT2D eigenvalue weighted by Gasteiger charge is 2.32. The summed E-state index contributed by atoms with van der Waals surface area (Å²) < 4.78 is 5.17. The molecule has 3 rings (SSSR count). The number of hydrogen-bond acceptors (Lipinski definition) is 3. The van der Waals surface area contributed by atoms with Crippen molar-refractivity contribution in [1.29, 1.82) is 0 Å². The average Bonchev–Trinajstić information content (AvgIpc) is 3.12. The molecule has 0 amide bonds. The Bertz CT molecular complexity index is 412. The molecule has 2 aliphatic heterocycles. The average molecular weight is 274 g/mol. The second-order valence-corrected chi connectivity index (χ2v) is 6.13. The summed E-state index contributed by atoms with van der Waals surface area (Å²) in [6.07, 6.45) is 5.42. The Morgan fingerprint density at radius 1 is 1.15 bits per heavy atom. The van der Waals surface area contributed by atoms with Gasteiger partial charge in [0.05, 0.1) is 6.61 Å². The Labute approximate surface area is 122 Å². The van der Waals surface area contributed by atoms with Crippen molar-refractivity contribution in [3.8, 4) is 0 Å². The molecule has 0 aliphatic carbocycles. The smallest absolute Gasteiger partial charge is 0.0713 e. The first-order chi connectivity index (χ1) is 9.86. The third-order valence-corrected chi connectivity index (χ3v) is 4.70. The minimum atomic E-state index is 0.707. The lowest BCUT2D eigenvalue weighted by atomic mass is 10.0. The van der Waals surface area contributed by atoms with Crippen LogP contribution >= 0.6 is 0 Å². The van der Waals surface area contributed by atoms with Crippen LogP contribution in [-0.4, -0.2) is 37.2 Å². The van der Waals surface area contributed by atoms with Crippen LogP contribution in [0.2, 0.25) is 0 Å². The lowest BCUT2D eigenvalue weighted by molar-refractivity contribution is 0.184. The fourth-order valence-electron chi connectivity index (χ4n) is 3.69. The Morgan fingerprint density at radius 3 is 2.65 bits per heavy atom. The molecule has 2 heterocycles. The van der Waals surface area contributed by atoms with Gasteiger partial charge in [0, 0.05) is 25.7 Å². The SMILES string of the molecule is COCc1ccc(CN2CCCC2C2CCCN2)cc1. The van der Waals surface area contributed by atoms with E-state index in [9.17, 15) is 0 Å². The topological polar surface area (TPSA) is 24.5 Å². The zero-order valence-corrected chi connectivity index (χ0v) is 12.5. The molecule has 2 saturated heterocycles. The van der Waals surface area contributed by atoms with Gasteiger partial charge in [-0.15, -0.1) is 0 Å². The van der Waals surface area contributed by atoms with E-state index in [0.717, 1.165) is 18.6 Å². The number of methoxy groups -OCH3 is 1. The largest absolute Gasteiger partial charge is 0.380 e. The van der Waals surface area contributed by atoms with Crippen LogP contribution in [0.15, 0.2) is 24.3 Å². The van der Waals surface area contributed by atoms with Crippen molar-refractivity contribution in [3.05, 3.63) is 35.4 Å². The van der Waals surface area contributed by atoms with Crippen molar-refractivity contribution < 1.29 is 4.74 Å². The van der Waals surface area contributed by atoms with Gasteiger partial charge < -0.3 is 10.1 Å². The quantitative estimate of drug-likeness (QED) is 0.893. The minimum absolute atomic E-state index is 0.707. The van der Waals surface area contributed by atoms with E-state index in [4.69, 9.17) is 4.74 Å². The van der Waals surface area contributed by atoms with Crippen molar-refractivity contribution in [2.24, 2.45) is 0 Å². The van der Waals surface area contributed by atoms with Crippen molar-refractivity contribution >= 4 is 0 Å². The van der Waals surface area contributed by atoms with Gasteiger partial charge in [0.15, 0.2) is 0 Å². The van der Waals surface area contributed by atoms with Gasteiger partial charge in [-0.05, 0) is 49.9 Å². The third-order valence-electron chi connectivity index (χ3n) is 4.70. The van der Waals surface area contributed by atoms with Gasteiger partial charge in [-0.3, -0.25) is 4.90 Å². The molecule has 0 saturated carbocycles. The molecule has 1 aromatic carbocycles. The summed E-state index contributed by atoms with van der Waals surface area (Å²) in [7, 11) is 1.75. The van der Waals surface area contributed by atoms with E-state index in [-0.39, 0.29) is 0 Å². The van der Waals surface area contributed by atoms with Crippen LogP contribution in [0.5, 0.6) is 0 Å². The van der Waals surface area contributed by atoms with Gasteiger partial charge in [0.1, 0.15) is 0 Å². The second kappa shape index (κ2) is 6.70. The standard InChI is InChI=1S/C17H26N2O/c1-20-13-15-8-6-14(7-9-15)12-19-11-3-5-17(19)16-4-2-10-18-16/h6-9,16-18H,2-5,10-13H2,1H3. The van der Waals surface area contributed by atoms with Crippen molar-refractivity contribution in [3.63, 3.8) is 0 Å². The second-order valence-electron chi connectivity index (χ2n) is 6.13. The van der Waals surface area contributed by atoms with Gasteiger partial charge in [0.25, 0.3) is 0 Å². The number of rotatable bonds is 5. The molecule has 2 fully saturated rings. The Kier molecular flexibility index (Phi) is 4.71. The molecule has 0 radical (unpaired) electrons. The molecule has 1 aromatic rings. The first-order valence-electron chi connectivity index (χ1n) is 7.91. The van der Waals surface area contributed by atoms with Crippen molar-refractivity contribution in [1.82, 2.24) is 10.2 Å². The highest BCUT2D eigenvalue weighted by molar-refractivity contribution is 5.22. The van der Waals surface area contributed by atoms with Gasteiger partial charge in [-0.2, -0.15) is 0 Å². The van der Waals surface area contributed by atoms with Crippen molar-refractivity contribution in [2.75, 3.05) is 20.2 Å². The summed E-state index contributed by atoms with van der Waals surface area (Å²) in [5.41, 5.74) is 2.68. The van der Waals surface area contributed by atoms with Gasteiger partial charge in [-0.25, -0.2) is 0 Å². The van der Waals surface area contributed by atoms with Gasteiger partial charge in [0.2, 0.25) is 0 Å². The highest BCUT2D eigenvalue weighted by Crippen LogP contribution is 2.26. The Morgan fingerprint density at radius 2 is 1.95 bits per heavy atom. The maximum Gasteiger partial charge on any atom is 0.0713 e. The number of nitrogens with one attached hydrogen (secondary N) is 1. The summed E-state index contributed by atoms with van der Waals surface area (Å²) >= 11 is 0.